The number of hydrogen-bond donors (Lipinski definition) is 2. The molecule has 0 spiro atoms. The number of rotatable bonds is 5. The summed E-state index contributed by atoms with van der Waals surface area (Å²) < 4.78 is 0. The summed E-state index contributed by atoms with van der Waals surface area (Å²) in [5, 5.41) is 4.43. The first-order valence-corrected chi connectivity index (χ1v) is 7.02. The summed E-state index contributed by atoms with van der Waals surface area (Å²) in [4.78, 5) is 8.41. The lowest BCUT2D eigenvalue weighted by molar-refractivity contribution is 0.328. The van der Waals surface area contributed by atoms with Gasteiger partial charge in [0, 0.05) is 12.1 Å². The van der Waals surface area contributed by atoms with Crippen molar-refractivity contribution in [3.8, 4) is 0 Å². The van der Waals surface area contributed by atoms with Gasteiger partial charge in [0.2, 0.25) is 0 Å². The summed E-state index contributed by atoms with van der Waals surface area (Å²) in [6.07, 6.45) is 4.53. The topological polar surface area (TPSA) is 63.8 Å². The number of nitrogens with two attached hydrogens (primary N) is 1. The predicted molar refractivity (Wildman–Crippen MR) is 74.4 cm³/mol. The lowest BCUT2D eigenvalue weighted by atomic mass is 9.85. The second-order valence-electron chi connectivity index (χ2n) is 5.09. The molecule has 0 aliphatic rings. The van der Waals surface area contributed by atoms with E-state index in [1.807, 2.05) is 12.3 Å². The second-order valence-corrected chi connectivity index (χ2v) is 5.91. The summed E-state index contributed by atoms with van der Waals surface area (Å²) in [6.45, 7) is 7.29. The maximum Gasteiger partial charge on any atom is 0.130 e. The molecule has 17 heavy (non-hydrogen) atoms. The van der Waals surface area contributed by atoms with Crippen molar-refractivity contribution in [2.24, 2.45) is 11.1 Å². The van der Waals surface area contributed by atoms with Crippen LogP contribution in [0, 0.1) is 5.41 Å². The van der Waals surface area contributed by atoms with E-state index in [0.717, 1.165) is 17.3 Å². The summed E-state index contributed by atoms with van der Waals surface area (Å²) in [5.74, 6) is 0.873. The monoisotopic (exact) mass is 254 g/mol. The lowest BCUT2D eigenvalue weighted by Crippen LogP contribution is -2.36. The van der Waals surface area contributed by atoms with Crippen LogP contribution in [0.15, 0.2) is 17.4 Å². The van der Waals surface area contributed by atoms with Gasteiger partial charge >= 0.3 is 0 Å². The van der Waals surface area contributed by atoms with Gasteiger partial charge in [-0.15, -0.1) is 11.8 Å². The molecule has 1 aromatic heterocycles. The molecular formula is C12H22N4S. The molecule has 0 amide bonds. The first-order chi connectivity index (χ1) is 7.97. The zero-order chi connectivity index (χ0) is 12.9. The van der Waals surface area contributed by atoms with Crippen molar-refractivity contribution in [3.63, 3.8) is 0 Å². The van der Waals surface area contributed by atoms with Crippen LogP contribution in [0.1, 0.15) is 27.2 Å². The maximum absolute atomic E-state index is 5.66. The van der Waals surface area contributed by atoms with Crippen molar-refractivity contribution in [2.75, 3.05) is 18.1 Å². The van der Waals surface area contributed by atoms with E-state index in [1.54, 1.807) is 18.1 Å². The van der Waals surface area contributed by atoms with Crippen molar-refractivity contribution in [3.05, 3.63) is 12.4 Å². The summed E-state index contributed by atoms with van der Waals surface area (Å²) in [7, 11) is 0. The number of hydrogen-bond acceptors (Lipinski definition) is 5. The highest BCUT2D eigenvalue weighted by Gasteiger charge is 2.24. The highest BCUT2D eigenvalue weighted by molar-refractivity contribution is 7.98. The van der Waals surface area contributed by atoms with E-state index in [0.29, 0.717) is 12.6 Å². The average molecular weight is 254 g/mol. The minimum Gasteiger partial charge on any atom is -0.367 e. The molecule has 0 aliphatic heterocycles. The van der Waals surface area contributed by atoms with Crippen LogP contribution >= 0.6 is 11.8 Å². The molecule has 0 aliphatic carbocycles. The molecular weight excluding hydrogens is 232 g/mol. The predicted octanol–water partition coefficient (Wildman–Crippen LogP) is 2.37. The summed E-state index contributed by atoms with van der Waals surface area (Å²) in [6, 6.07) is 2.29. The van der Waals surface area contributed by atoms with Crippen LogP contribution in [0.3, 0.4) is 0 Å². The molecule has 0 saturated carbocycles. The Kier molecular flexibility index (Phi) is 5.21. The number of aromatic nitrogens is 2. The molecule has 0 fully saturated rings. The zero-order valence-corrected chi connectivity index (χ0v) is 11.8. The van der Waals surface area contributed by atoms with Gasteiger partial charge in [0.25, 0.3) is 0 Å². The van der Waals surface area contributed by atoms with Crippen molar-refractivity contribution in [1.29, 1.82) is 0 Å². The minimum absolute atomic E-state index is 0.157. The van der Waals surface area contributed by atoms with Crippen molar-refractivity contribution < 1.29 is 0 Å². The normalized spacial score (nSPS) is 13.5. The molecule has 96 valence electrons. The third-order valence-corrected chi connectivity index (χ3v) is 3.32. The van der Waals surface area contributed by atoms with Crippen molar-refractivity contribution in [1.82, 2.24) is 9.97 Å². The number of nitrogens with one attached hydrogen (secondary N) is 1. The van der Waals surface area contributed by atoms with Gasteiger partial charge in [0.15, 0.2) is 0 Å². The fourth-order valence-electron chi connectivity index (χ4n) is 1.60. The van der Waals surface area contributed by atoms with Crippen LogP contribution in [0.4, 0.5) is 5.82 Å². The van der Waals surface area contributed by atoms with Crippen molar-refractivity contribution >= 4 is 17.6 Å². The number of nitrogens with zero attached hydrogens (tertiary/aromatic N) is 2. The maximum atomic E-state index is 5.66. The molecule has 1 aromatic rings. The van der Waals surface area contributed by atoms with Crippen LogP contribution in [-0.4, -0.2) is 28.8 Å². The average Bonchev–Trinajstić information content (AvgIpc) is 2.27. The van der Waals surface area contributed by atoms with Gasteiger partial charge < -0.3 is 11.1 Å². The van der Waals surface area contributed by atoms with E-state index in [2.05, 4.69) is 36.1 Å². The van der Waals surface area contributed by atoms with E-state index in [9.17, 15) is 0 Å². The highest BCUT2D eigenvalue weighted by atomic mass is 32.2. The molecule has 1 heterocycles. The van der Waals surface area contributed by atoms with Gasteiger partial charge in [-0.2, -0.15) is 0 Å². The van der Waals surface area contributed by atoms with Gasteiger partial charge in [-0.3, -0.25) is 0 Å². The Labute approximate surface area is 108 Å². The smallest absolute Gasteiger partial charge is 0.130 e. The van der Waals surface area contributed by atoms with E-state index in [1.165, 1.54) is 0 Å². The SMILES string of the molecule is CSc1cc(NC(CCN)C(C)(C)C)ncn1. The molecule has 4 nitrogen and oxygen atoms in total. The van der Waals surface area contributed by atoms with E-state index in [-0.39, 0.29) is 5.41 Å². The zero-order valence-electron chi connectivity index (χ0n) is 11.0. The summed E-state index contributed by atoms with van der Waals surface area (Å²) >= 11 is 1.62. The fraction of sp³-hybridized carbons (Fsp3) is 0.667. The quantitative estimate of drug-likeness (QED) is 0.624. The first kappa shape index (κ1) is 14.3. The molecule has 1 atom stereocenters. The minimum atomic E-state index is 0.157. The van der Waals surface area contributed by atoms with Gasteiger partial charge in [-0.1, -0.05) is 20.8 Å². The van der Waals surface area contributed by atoms with E-state index < -0.39 is 0 Å². The van der Waals surface area contributed by atoms with Gasteiger partial charge in [0.05, 0.1) is 0 Å². The van der Waals surface area contributed by atoms with E-state index in [4.69, 9.17) is 5.73 Å². The Morgan fingerprint density at radius 3 is 2.65 bits per heavy atom. The molecule has 3 N–H and O–H groups in total. The third-order valence-electron chi connectivity index (χ3n) is 2.67. The largest absolute Gasteiger partial charge is 0.367 e. The molecule has 1 unspecified atom stereocenters. The number of thioether (sulfide) groups is 1. The Balaban J connectivity index is 2.78. The van der Waals surface area contributed by atoms with Crippen LogP contribution in [-0.2, 0) is 0 Å². The van der Waals surface area contributed by atoms with Gasteiger partial charge in [0.1, 0.15) is 17.2 Å². The Bertz CT molecular complexity index is 349. The molecule has 0 radical (unpaired) electrons. The van der Waals surface area contributed by atoms with Crippen LogP contribution in [0.5, 0.6) is 0 Å². The van der Waals surface area contributed by atoms with Gasteiger partial charge in [-0.25, -0.2) is 9.97 Å². The highest BCUT2D eigenvalue weighted by Crippen LogP contribution is 2.25. The standard InChI is InChI=1S/C12H22N4S/c1-12(2,3)9(5-6-13)16-10-7-11(17-4)15-8-14-10/h7-9H,5-6,13H2,1-4H3,(H,14,15,16). The van der Waals surface area contributed by atoms with Crippen molar-refractivity contribution in [2.45, 2.75) is 38.3 Å². The molecule has 5 heteroatoms. The van der Waals surface area contributed by atoms with Crippen LogP contribution < -0.4 is 11.1 Å². The lowest BCUT2D eigenvalue weighted by Gasteiger charge is -2.31. The second kappa shape index (κ2) is 6.21. The molecule has 0 saturated heterocycles. The first-order valence-electron chi connectivity index (χ1n) is 5.80. The Hall–Kier alpha value is -0.810. The Morgan fingerprint density at radius 1 is 1.41 bits per heavy atom. The molecule has 0 bridgehead atoms. The Morgan fingerprint density at radius 2 is 2.12 bits per heavy atom. The molecule has 1 rings (SSSR count). The van der Waals surface area contributed by atoms with Crippen LogP contribution in [0.2, 0.25) is 0 Å². The van der Waals surface area contributed by atoms with Crippen LogP contribution in [0.25, 0.3) is 0 Å². The summed E-state index contributed by atoms with van der Waals surface area (Å²) in [5.41, 5.74) is 5.82. The number of anilines is 1. The molecule has 0 aromatic carbocycles. The fourth-order valence-corrected chi connectivity index (χ4v) is 1.98. The van der Waals surface area contributed by atoms with E-state index >= 15 is 0 Å². The third kappa shape index (κ3) is 4.52. The van der Waals surface area contributed by atoms with Gasteiger partial charge in [-0.05, 0) is 24.6 Å².